The Bertz CT molecular complexity index is 1840. The number of rotatable bonds is 9. The molecule has 5 rings (SSSR count). The van der Waals surface area contributed by atoms with Crippen molar-refractivity contribution in [2.45, 2.75) is 93.4 Å². The van der Waals surface area contributed by atoms with Crippen LogP contribution in [0.15, 0.2) is 84.1 Å². The second kappa shape index (κ2) is 15.8. The number of ketones is 1. The average Bonchev–Trinajstić information content (AvgIpc) is 3.55. The van der Waals surface area contributed by atoms with Crippen LogP contribution < -0.4 is 0 Å². The van der Waals surface area contributed by atoms with Crippen molar-refractivity contribution in [3.63, 3.8) is 0 Å². The molecule has 2 aromatic carbocycles. The Labute approximate surface area is 299 Å². The molecule has 251 valence electrons. The van der Waals surface area contributed by atoms with Gasteiger partial charge in [-0.05, 0) is 66.3 Å². The van der Waals surface area contributed by atoms with Crippen LogP contribution in [0, 0.1) is 16.9 Å². The fourth-order valence-electron chi connectivity index (χ4n) is 5.42. The predicted octanol–water partition coefficient (Wildman–Crippen LogP) is 11.9. The number of hydrogen-bond donors (Lipinski definition) is 1. The van der Waals surface area contributed by atoms with Gasteiger partial charge in [-0.3, -0.25) is 9.78 Å². The van der Waals surface area contributed by atoms with Gasteiger partial charge in [-0.25, -0.2) is 4.98 Å². The Hall–Kier alpha value is -3.18. The van der Waals surface area contributed by atoms with Gasteiger partial charge in [-0.15, -0.1) is 40.5 Å². The molecule has 0 fully saturated rings. The van der Waals surface area contributed by atoms with Gasteiger partial charge in [-0.1, -0.05) is 97.5 Å². The van der Waals surface area contributed by atoms with Gasteiger partial charge in [0, 0.05) is 48.9 Å². The summed E-state index contributed by atoms with van der Waals surface area (Å²) in [6.07, 6.45) is 6.62. The number of aliphatic hydroxyl groups is 1. The van der Waals surface area contributed by atoms with E-state index in [1.165, 1.54) is 21.7 Å². The van der Waals surface area contributed by atoms with E-state index in [-0.39, 0.29) is 47.9 Å². The Morgan fingerprint density at radius 1 is 0.851 bits per heavy atom. The van der Waals surface area contributed by atoms with Crippen molar-refractivity contribution >= 4 is 38.1 Å². The number of carbonyl (C=O) groups is 1. The third-order valence-corrected chi connectivity index (χ3v) is 10.7. The molecule has 0 spiro atoms. The number of benzene rings is 2. The van der Waals surface area contributed by atoms with Crippen LogP contribution in [0.1, 0.15) is 93.6 Å². The number of allylic oxidation sites excluding steroid dienone is 2. The average molecular weight is 826 g/mol. The van der Waals surface area contributed by atoms with E-state index < -0.39 is 0 Å². The van der Waals surface area contributed by atoms with Crippen molar-refractivity contribution in [3.8, 4) is 22.5 Å². The van der Waals surface area contributed by atoms with Crippen LogP contribution in [0.2, 0.25) is 0 Å². The Morgan fingerprint density at radius 2 is 1.51 bits per heavy atom. The summed E-state index contributed by atoms with van der Waals surface area (Å²) in [6.45, 7) is 18.8. The molecule has 0 aliphatic heterocycles. The van der Waals surface area contributed by atoms with Crippen LogP contribution in [0.25, 0.3) is 43.5 Å². The summed E-state index contributed by atoms with van der Waals surface area (Å²) in [5.41, 5.74) is 5.77. The van der Waals surface area contributed by atoms with Gasteiger partial charge >= 0.3 is 0 Å². The standard InChI is InChI=1S/C26H21N2S.C15H28O2.Ir/c1-26(2,3)21-15-19(14-17-6-4-5-7-20(17)21)24-16-18(10-12-27-24)22-8-9-25-23(28-22)11-13-29-25;1-7-14(5,8-2)12(16)11-13(17)15(6,9-3)10-4;/h4-13,15-16H,1-3H3;11,16H,7-10H2,1-6H3;/q-1;;/b;12-11-;. The molecule has 4 nitrogen and oxygen atoms in total. The molecule has 0 unspecified atom stereocenters. The topological polar surface area (TPSA) is 63.1 Å². The van der Waals surface area contributed by atoms with Crippen LogP contribution in [-0.4, -0.2) is 20.9 Å². The minimum absolute atomic E-state index is 0. The van der Waals surface area contributed by atoms with Crippen molar-refractivity contribution in [3.05, 3.63) is 95.7 Å². The molecule has 0 saturated heterocycles. The summed E-state index contributed by atoms with van der Waals surface area (Å²) in [7, 11) is 0. The first-order valence-corrected chi connectivity index (χ1v) is 17.4. The number of fused-ring (bicyclic) bond motifs is 2. The fourth-order valence-corrected chi connectivity index (χ4v) is 6.15. The molecular weight excluding hydrogens is 777 g/mol. The maximum atomic E-state index is 12.2. The molecule has 5 aromatic rings. The van der Waals surface area contributed by atoms with Crippen molar-refractivity contribution in [1.82, 2.24) is 9.97 Å². The maximum Gasteiger partial charge on any atom is 0.164 e. The third-order valence-electron chi connectivity index (χ3n) is 9.82. The molecule has 0 bridgehead atoms. The van der Waals surface area contributed by atoms with E-state index in [4.69, 9.17) is 4.98 Å². The first-order chi connectivity index (χ1) is 21.8. The number of nitrogens with zero attached hydrogens (tertiary/aromatic N) is 2. The first-order valence-electron chi connectivity index (χ1n) is 16.5. The molecule has 3 heterocycles. The van der Waals surface area contributed by atoms with Gasteiger partial charge in [0.25, 0.3) is 0 Å². The van der Waals surface area contributed by atoms with Gasteiger partial charge in [0.2, 0.25) is 0 Å². The molecule has 0 aliphatic rings. The van der Waals surface area contributed by atoms with E-state index in [2.05, 4.69) is 91.8 Å². The van der Waals surface area contributed by atoms with E-state index in [0.29, 0.717) is 0 Å². The largest absolute Gasteiger partial charge is 0.512 e. The van der Waals surface area contributed by atoms with Gasteiger partial charge in [-0.2, -0.15) is 0 Å². The fraction of sp³-hybridized carbons (Fsp3) is 0.390. The van der Waals surface area contributed by atoms with Crippen LogP contribution in [0.3, 0.4) is 0 Å². The molecule has 3 aromatic heterocycles. The smallest absolute Gasteiger partial charge is 0.164 e. The molecule has 6 heteroatoms. The number of aliphatic hydroxyl groups excluding tert-OH is 1. The zero-order chi connectivity index (χ0) is 33.7. The van der Waals surface area contributed by atoms with Crippen molar-refractivity contribution < 1.29 is 30.0 Å². The summed E-state index contributed by atoms with van der Waals surface area (Å²) in [5, 5.41) is 14.6. The summed E-state index contributed by atoms with van der Waals surface area (Å²) < 4.78 is 1.21. The van der Waals surface area contributed by atoms with E-state index in [0.717, 1.165) is 59.1 Å². The Morgan fingerprint density at radius 3 is 2.15 bits per heavy atom. The van der Waals surface area contributed by atoms with Crippen LogP contribution in [0.5, 0.6) is 0 Å². The minimum Gasteiger partial charge on any atom is -0.512 e. The SMILES string of the molecule is CC(C)(C)c1cc(-c2cc(-c3ccc4sccc4n3)ccn2)[c-]c2ccccc12.CCC(C)(CC)C(=O)/C=C(\O)C(C)(CC)CC.[Ir]. The van der Waals surface area contributed by atoms with E-state index in [9.17, 15) is 9.90 Å². The van der Waals surface area contributed by atoms with Crippen LogP contribution >= 0.6 is 11.3 Å². The monoisotopic (exact) mass is 826 g/mol. The predicted molar refractivity (Wildman–Crippen MR) is 196 cm³/mol. The Balaban J connectivity index is 0.000000290. The molecule has 0 amide bonds. The number of thiophene rings is 1. The third kappa shape index (κ3) is 8.65. The molecule has 1 N–H and O–H groups in total. The van der Waals surface area contributed by atoms with E-state index in [1.807, 2.05) is 53.8 Å². The molecule has 0 saturated carbocycles. The normalized spacial score (nSPS) is 12.4. The summed E-state index contributed by atoms with van der Waals surface area (Å²) in [6, 6.07) is 24.7. The summed E-state index contributed by atoms with van der Waals surface area (Å²) >= 11 is 1.72. The van der Waals surface area contributed by atoms with Crippen LogP contribution in [-0.2, 0) is 30.3 Å². The summed E-state index contributed by atoms with van der Waals surface area (Å²) in [5.74, 6) is 0.286. The van der Waals surface area contributed by atoms with Crippen LogP contribution in [0.4, 0.5) is 0 Å². The van der Waals surface area contributed by atoms with Gasteiger partial charge < -0.3 is 5.11 Å². The van der Waals surface area contributed by atoms with Gasteiger partial charge in [0.1, 0.15) is 5.76 Å². The Kier molecular flexibility index (Phi) is 12.9. The molecule has 0 atom stereocenters. The van der Waals surface area contributed by atoms with E-state index >= 15 is 0 Å². The van der Waals surface area contributed by atoms with Crippen molar-refractivity contribution in [2.24, 2.45) is 10.8 Å². The zero-order valence-electron chi connectivity index (χ0n) is 29.3. The summed E-state index contributed by atoms with van der Waals surface area (Å²) in [4.78, 5) is 21.7. The van der Waals surface area contributed by atoms with Crippen molar-refractivity contribution in [2.75, 3.05) is 0 Å². The quantitative estimate of drug-likeness (QED) is 0.0913. The number of aromatic nitrogens is 2. The van der Waals surface area contributed by atoms with Gasteiger partial charge in [0.05, 0.1) is 15.9 Å². The molecule has 1 radical (unpaired) electrons. The maximum absolute atomic E-state index is 12.2. The zero-order valence-corrected chi connectivity index (χ0v) is 32.5. The number of carbonyl (C=O) groups excluding carboxylic acids is 1. The van der Waals surface area contributed by atoms with Crippen molar-refractivity contribution in [1.29, 1.82) is 0 Å². The second-order valence-electron chi connectivity index (χ2n) is 13.8. The number of pyridine rings is 2. The van der Waals surface area contributed by atoms with Gasteiger partial charge in [0.15, 0.2) is 5.78 Å². The second-order valence-corrected chi connectivity index (χ2v) is 14.7. The van der Waals surface area contributed by atoms with E-state index in [1.54, 1.807) is 11.3 Å². The number of hydrogen-bond acceptors (Lipinski definition) is 5. The molecule has 47 heavy (non-hydrogen) atoms. The molecular formula is C41H49IrN2O2S-. The minimum atomic E-state index is -0.337. The first kappa shape index (κ1) is 38.3. The molecule has 0 aliphatic carbocycles.